The van der Waals surface area contributed by atoms with Crippen LogP contribution in [0.1, 0.15) is 34.7 Å². The van der Waals surface area contributed by atoms with Gasteiger partial charge in [0.05, 0.1) is 11.5 Å². The minimum atomic E-state index is -0.958. The number of thiophene rings is 1. The molecule has 1 aromatic heterocycles. The van der Waals surface area contributed by atoms with E-state index in [-0.39, 0.29) is 0 Å². The molecule has 3 nitrogen and oxygen atoms in total. The van der Waals surface area contributed by atoms with Gasteiger partial charge in [0.15, 0.2) is 0 Å². The molecule has 4 heteroatoms. The van der Waals surface area contributed by atoms with Crippen molar-refractivity contribution in [1.29, 1.82) is 0 Å². The summed E-state index contributed by atoms with van der Waals surface area (Å²) in [6.07, 6.45) is 0. The van der Waals surface area contributed by atoms with Crippen molar-refractivity contribution in [3.05, 3.63) is 57.3 Å². The van der Waals surface area contributed by atoms with Gasteiger partial charge < -0.3 is 9.84 Å². The van der Waals surface area contributed by atoms with Gasteiger partial charge in [0.1, 0.15) is 5.60 Å². The number of aliphatic hydroxyl groups is 1. The minimum absolute atomic E-state index is 0.711. The van der Waals surface area contributed by atoms with Crippen molar-refractivity contribution in [1.82, 2.24) is 4.90 Å². The fourth-order valence-corrected chi connectivity index (χ4v) is 3.25. The maximum atomic E-state index is 9.72. The van der Waals surface area contributed by atoms with E-state index in [0.29, 0.717) is 6.61 Å². The summed E-state index contributed by atoms with van der Waals surface area (Å²) in [5, 5.41) is 9.72. The van der Waals surface area contributed by atoms with Crippen LogP contribution in [0.25, 0.3) is 0 Å². The number of aryl methyl sites for hydroxylation is 1. The van der Waals surface area contributed by atoms with E-state index in [9.17, 15) is 5.11 Å². The van der Waals surface area contributed by atoms with E-state index >= 15 is 0 Å². The van der Waals surface area contributed by atoms with Crippen LogP contribution in [-0.4, -0.2) is 35.9 Å². The first kappa shape index (κ1) is 19.7. The second-order valence-corrected chi connectivity index (χ2v) is 7.93. The van der Waals surface area contributed by atoms with E-state index < -0.39 is 5.60 Å². The summed E-state index contributed by atoms with van der Waals surface area (Å²) in [5.41, 5.74) is 1.63. The molecule has 0 fully saturated rings. The van der Waals surface area contributed by atoms with E-state index in [0.717, 1.165) is 24.5 Å². The average molecular weight is 358 g/mol. The molecule has 0 saturated carbocycles. The van der Waals surface area contributed by atoms with Gasteiger partial charge in [-0.05, 0) is 38.5 Å². The first-order chi connectivity index (χ1) is 11.9. The van der Waals surface area contributed by atoms with Crippen LogP contribution in [0.4, 0.5) is 0 Å². The number of benzene rings is 1. The van der Waals surface area contributed by atoms with Gasteiger partial charge in [0, 0.05) is 31.6 Å². The summed E-state index contributed by atoms with van der Waals surface area (Å²) < 4.78 is 5.26. The van der Waals surface area contributed by atoms with Crippen LogP contribution in [0, 0.1) is 18.8 Å². The maximum Gasteiger partial charge on any atom is 0.120 e. The lowest BCUT2D eigenvalue weighted by Gasteiger charge is -2.21. The topological polar surface area (TPSA) is 32.7 Å². The molecule has 0 saturated heterocycles. The van der Waals surface area contributed by atoms with Crippen LogP contribution < -0.4 is 0 Å². The van der Waals surface area contributed by atoms with Gasteiger partial charge in [-0.2, -0.15) is 0 Å². The monoisotopic (exact) mass is 357 g/mol. The van der Waals surface area contributed by atoms with Crippen LogP contribution in [0.3, 0.4) is 0 Å². The Morgan fingerprint density at radius 3 is 2.48 bits per heavy atom. The number of nitrogens with zero attached hydrogens (tertiary/aromatic N) is 1. The molecule has 25 heavy (non-hydrogen) atoms. The third-order valence-corrected chi connectivity index (χ3v) is 4.66. The third kappa shape index (κ3) is 7.41. The van der Waals surface area contributed by atoms with Crippen molar-refractivity contribution < 1.29 is 9.84 Å². The number of hydrogen-bond acceptors (Lipinski definition) is 4. The highest BCUT2D eigenvalue weighted by atomic mass is 32.1. The van der Waals surface area contributed by atoms with Crippen LogP contribution in [-0.2, 0) is 17.8 Å². The molecule has 0 bridgehead atoms. The first-order valence-corrected chi connectivity index (χ1v) is 9.28. The summed E-state index contributed by atoms with van der Waals surface area (Å²) in [6.45, 7) is 8.85. The Morgan fingerprint density at radius 1 is 1.12 bits per heavy atom. The summed E-state index contributed by atoms with van der Waals surface area (Å²) >= 11 is 1.68. The average Bonchev–Trinajstić information content (AvgIpc) is 3.00. The zero-order valence-electron chi connectivity index (χ0n) is 15.5. The number of methoxy groups -OCH3 is 1. The number of rotatable bonds is 7. The smallest absolute Gasteiger partial charge is 0.120 e. The van der Waals surface area contributed by atoms with Crippen molar-refractivity contribution >= 4 is 11.3 Å². The Balaban J connectivity index is 2.04. The fraction of sp³-hybridized carbons (Fsp3) is 0.429. The lowest BCUT2D eigenvalue weighted by atomic mass is 10.1. The molecule has 0 aliphatic rings. The summed E-state index contributed by atoms with van der Waals surface area (Å²) in [4.78, 5) is 4.63. The summed E-state index contributed by atoms with van der Waals surface area (Å²) in [7, 11) is 1.74. The molecule has 134 valence electrons. The van der Waals surface area contributed by atoms with Gasteiger partial charge >= 0.3 is 0 Å². The molecule has 1 heterocycles. The molecule has 0 aliphatic heterocycles. The fourth-order valence-electron chi connectivity index (χ4n) is 2.35. The largest absolute Gasteiger partial charge is 0.383 e. The maximum absolute atomic E-state index is 9.72. The summed E-state index contributed by atoms with van der Waals surface area (Å²) in [5.74, 6) is 5.92. The Bertz CT molecular complexity index is 717. The van der Waals surface area contributed by atoms with Gasteiger partial charge in [-0.3, -0.25) is 4.90 Å². The molecule has 0 amide bonds. The van der Waals surface area contributed by atoms with Crippen molar-refractivity contribution in [2.75, 3.05) is 20.3 Å². The number of ether oxygens (including phenoxy) is 1. The summed E-state index contributed by atoms with van der Waals surface area (Å²) in [6, 6.07) is 12.8. The van der Waals surface area contributed by atoms with Crippen molar-refractivity contribution in [3.8, 4) is 11.8 Å². The van der Waals surface area contributed by atoms with E-state index in [1.165, 1.54) is 16.0 Å². The highest BCUT2D eigenvalue weighted by Gasteiger charge is 2.10. The van der Waals surface area contributed by atoms with Crippen LogP contribution in [0.2, 0.25) is 0 Å². The van der Waals surface area contributed by atoms with Crippen molar-refractivity contribution in [3.63, 3.8) is 0 Å². The molecule has 0 spiro atoms. The first-order valence-electron chi connectivity index (χ1n) is 8.47. The third-order valence-electron chi connectivity index (χ3n) is 3.67. The second kappa shape index (κ2) is 9.17. The lowest BCUT2D eigenvalue weighted by Crippen LogP contribution is -2.26. The van der Waals surface area contributed by atoms with Gasteiger partial charge in [0.2, 0.25) is 0 Å². The lowest BCUT2D eigenvalue weighted by molar-refractivity contribution is 0.140. The second-order valence-electron chi connectivity index (χ2n) is 6.76. The highest BCUT2D eigenvalue weighted by Crippen LogP contribution is 2.19. The Kier molecular flexibility index (Phi) is 7.22. The molecule has 0 aliphatic carbocycles. The molecule has 1 aromatic carbocycles. The van der Waals surface area contributed by atoms with Gasteiger partial charge in [-0.1, -0.05) is 41.7 Å². The molecule has 0 unspecified atom stereocenters. The van der Waals surface area contributed by atoms with Gasteiger partial charge in [0.25, 0.3) is 0 Å². The van der Waals surface area contributed by atoms with Gasteiger partial charge in [-0.15, -0.1) is 11.3 Å². The SMILES string of the molecule is COCCN(Cc1ccc(C)cc1)Cc1ccc(C#CC(C)(C)O)s1. The van der Waals surface area contributed by atoms with Crippen LogP contribution in [0.15, 0.2) is 36.4 Å². The molecular weight excluding hydrogens is 330 g/mol. The minimum Gasteiger partial charge on any atom is -0.383 e. The Morgan fingerprint density at radius 2 is 1.84 bits per heavy atom. The van der Waals surface area contributed by atoms with E-state index in [4.69, 9.17) is 4.74 Å². The zero-order chi connectivity index (χ0) is 18.3. The van der Waals surface area contributed by atoms with Gasteiger partial charge in [-0.25, -0.2) is 0 Å². The van der Waals surface area contributed by atoms with E-state index in [1.807, 2.05) is 6.07 Å². The highest BCUT2D eigenvalue weighted by molar-refractivity contribution is 7.12. The number of hydrogen-bond donors (Lipinski definition) is 1. The van der Waals surface area contributed by atoms with E-state index in [2.05, 4.69) is 54.0 Å². The van der Waals surface area contributed by atoms with Crippen molar-refractivity contribution in [2.24, 2.45) is 0 Å². The quantitative estimate of drug-likeness (QED) is 0.765. The standard InChI is InChI=1S/C21H27NO2S/c1-17-5-7-18(8-6-17)15-22(13-14-24-4)16-20-10-9-19(25-20)11-12-21(2,3)23/h5-10,23H,13-16H2,1-4H3. The molecule has 2 rings (SSSR count). The van der Waals surface area contributed by atoms with Crippen LogP contribution in [0.5, 0.6) is 0 Å². The van der Waals surface area contributed by atoms with E-state index in [1.54, 1.807) is 32.3 Å². The Hall–Kier alpha value is -1.64. The Labute approximate surface area is 155 Å². The predicted octanol–water partition coefficient (Wildman–Crippen LogP) is 3.83. The molecule has 0 radical (unpaired) electrons. The molecule has 1 N–H and O–H groups in total. The van der Waals surface area contributed by atoms with Crippen LogP contribution >= 0.6 is 11.3 Å². The molecule has 2 aromatic rings. The predicted molar refractivity (Wildman–Crippen MR) is 105 cm³/mol. The zero-order valence-corrected chi connectivity index (χ0v) is 16.3. The molecule has 0 atom stereocenters. The van der Waals surface area contributed by atoms with Crippen molar-refractivity contribution in [2.45, 2.75) is 39.5 Å². The normalized spacial score (nSPS) is 11.4. The molecular formula is C21H27NO2S.